The van der Waals surface area contributed by atoms with Gasteiger partial charge in [0.1, 0.15) is 6.07 Å². The minimum atomic E-state index is 0.636. The molecule has 4 nitrogen and oxygen atoms in total. The van der Waals surface area contributed by atoms with Gasteiger partial charge in [0.05, 0.1) is 17.9 Å². The summed E-state index contributed by atoms with van der Waals surface area (Å²) in [6, 6.07) is 8.55. The third kappa shape index (κ3) is 4.73. The van der Waals surface area contributed by atoms with Gasteiger partial charge in [-0.05, 0) is 36.6 Å². The summed E-state index contributed by atoms with van der Waals surface area (Å²) in [6.07, 6.45) is 1.02. The van der Waals surface area contributed by atoms with Crippen LogP contribution in [0.5, 0.6) is 0 Å². The lowest BCUT2D eigenvalue weighted by molar-refractivity contribution is 0.152. The molecule has 1 saturated heterocycles. The minimum Gasteiger partial charge on any atom is -0.380 e. The summed E-state index contributed by atoms with van der Waals surface area (Å²) in [4.78, 5) is 2.26. The van der Waals surface area contributed by atoms with Crippen molar-refractivity contribution >= 4 is 5.69 Å². The Balaban J connectivity index is 2.07. The van der Waals surface area contributed by atoms with Gasteiger partial charge in [-0.1, -0.05) is 19.9 Å². The lowest BCUT2D eigenvalue weighted by Crippen LogP contribution is -2.26. The van der Waals surface area contributed by atoms with Crippen molar-refractivity contribution in [3.8, 4) is 6.07 Å². The maximum atomic E-state index is 9.43. The molecule has 21 heavy (non-hydrogen) atoms. The van der Waals surface area contributed by atoms with Crippen LogP contribution in [-0.4, -0.2) is 32.8 Å². The Hall–Kier alpha value is -1.57. The van der Waals surface area contributed by atoms with Gasteiger partial charge in [-0.2, -0.15) is 5.26 Å². The molecule has 0 saturated carbocycles. The number of benzene rings is 1. The second kappa shape index (κ2) is 8.02. The van der Waals surface area contributed by atoms with Crippen LogP contribution in [-0.2, 0) is 11.3 Å². The maximum absolute atomic E-state index is 9.43. The molecule has 0 aromatic heterocycles. The standard InChI is InChI=1S/C17H25N3O/c1-14(2)12-19-13-15-4-5-17(16(10-15)11-18)20-6-3-8-21-9-7-20/h4-5,10,14,19H,3,6-9,12-13H2,1-2H3. The van der Waals surface area contributed by atoms with Gasteiger partial charge >= 0.3 is 0 Å². The number of anilines is 1. The van der Waals surface area contributed by atoms with E-state index in [0.717, 1.165) is 57.1 Å². The zero-order valence-electron chi connectivity index (χ0n) is 13.1. The number of hydrogen-bond acceptors (Lipinski definition) is 4. The number of rotatable bonds is 5. The van der Waals surface area contributed by atoms with Gasteiger partial charge in [-0.25, -0.2) is 0 Å². The molecule has 1 aromatic rings. The molecule has 2 rings (SSSR count). The molecular weight excluding hydrogens is 262 g/mol. The van der Waals surface area contributed by atoms with E-state index in [1.165, 1.54) is 5.56 Å². The van der Waals surface area contributed by atoms with Crippen LogP contribution in [0.4, 0.5) is 5.69 Å². The summed E-state index contributed by atoms with van der Waals surface area (Å²) in [6.45, 7) is 9.57. The zero-order valence-corrected chi connectivity index (χ0v) is 13.1. The molecule has 1 N–H and O–H groups in total. The van der Waals surface area contributed by atoms with Crippen molar-refractivity contribution in [1.29, 1.82) is 5.26 Å². The zero-order chi connectivity index (χ0) is 15.1. The fourth-order valence-corrected chi connectivity index (χ4v) is 2.55. The van der Waals surface area contributed by atoms with Crippen molar-refractivity contribution in [1.82, 2.24) is 5.32 Å². The fourth-order valence-electron chi connectivity index (χ4n) is 2.55. The van der Waals surface area contributed by atoms with E-state index in [1.807, 2.05) is 6.07 Å². The number of ether oxygens (including phenoxy) is 1. The number of nitriles is 1. The normalized spacial score (nSPS) is 15.8. The van der Waals surface area contributed by atoms with E-state index < -0.39 is 0 Å². The van der Waals surface area contributed by atoms with E-state index in [0.29, 0.717) is 5.92 Å². The van der Waals surface area contributed by atoms with Crippen LogP contribution in [0.1, 0.15) is 31.4 Å². The summed E-state index contributed by atoms with van der Waals surface area (Å²) in [5.41, 5.74) is 2.97. The molecule has 0 bridgehead atoms. The Morgan fingerprint density at radius 2 is 2.19 bits per heavy atom. The van der Waals surface area contributed by atoms with Crippen LogP contribution in [0.3, 0.4) is 0 Å². The van der Waals surface area contributed by atoms with Crippen molar-refractivity contribution in [3.63, 3.8) is 0 Å². The average molecular weight is 287 g/mol. The summed E-state index contributed by atoms with van der Waals surface area (Å²) < 4.78 is 5.48. The largest absolute Gasteiger partial charge is 0.380 e. The lowest BCUT2D eigenvalue weighted by Gasteiger charge is -2.23. The molecule has 1 aromatic carbocycles. The van der Waals surface area contributed by atoms with Crippen molar-refractivity contribution in [3.05, 3.63) is 29.3 Å². The van der Waals surface area contributed by atoms with Gasteiger partial charge < -0.3 is 15.0 Å². The molecule has 114 valence electrons. The Labute approximate surface area is 127 Å². The van der Waals surface area contributed by atoms with Crippen LogP contribution in [0.25, 0.3) is 0 Å². The van der Waals surface area contributed by atoms with Crippen molar-refractivity contribution in [2.75, 3.05) is 37.7 Å². The van der Waals surface area contributed by atoms with E-state index in [2.05, 4.69) is 42.3 Å². The van der Waals surface area contributed by atoms with Gasteiger partial charge in [0, 0.05) is 26.2 Å². The van der Waals surface area contributed by atoms with E-state index in [9.17, 15) is 5.26 Å². The molecule has 4 heteroatoms. The van der Waals surface area contributed by atoms with Gasteiger partial charge in [-0.15, -0.1) is 0 Å². The Morgan fingerprint density at radius 3 is 2.95 bits per heavy atom. The lowest BCUT2D eigenvalue weighted by atomic mass is 10.1. The first kappa shape index (κ1) is 15.8. The highest BCUT2D eigenvalue weighted by atomic mass is 16.5. The summed E-state index contributed by atoms with van der Waals surface area (Å²) >= 11 is 0. The minimum absolute atomic E-state index is 0.636. The number of nitrogens with one attached hydrogen (secondary N) is 1. The first-order valence-corrected chi connectivity index (χ1v) is 7.77. The number of nitrogens with zero attached hydrogens (tertiary/aromatic N) is 2. The Kier molecular flexibility index (Phi) is 6.04. The molecule has 0 unspecified atom stereocenters. The Morgan fingerprint density at radius 1 is 1.33 bits per heavy atom. The third-order valence-corrected chi connectivity index (χ3v) is 3.63. The molecule has 1 fully saturated rings. The second-order valence-corrected chi connectivity index (χ2v) is 5.94. The SMILES string of the molecule is CC(C)CNCc1ccc(N2CCCOCC2)c(C#N)c1. The average Bonchev–Trinajstić information content (AvgIpc) is 2.75. The monoisotopic (exact) mass is 287 g/mol. The third-order valence-electron chi connectivity index (χ3n) is 3.63. The molecule has 0 atom stereocenters. The van der Waals surface area contributed by atoms with Crippen LogP contribution in [0.15, 0.2) is 18.2 Å². The van der Waals surface area contributed by atoms with Crippen molar-refractivity contribution < 1.29 is 4.74 Å². The highest BCUT2D eigenvalue weighted by molar-refractivity contribution is 5.60. The summed E-state index contributed by atoms with van der Waals surface area (Å²) in [5.74, 6) is 0.636. The van der Waals surface area contributed by atoms with Crippen LogP contribution < -0.4 is 10.2 Å². The molecule has 0 spiro atoms. The number of hydrogen-bond donors (Lipinski definition) is 1. The highest BCUT2D eigenvalue weighted by Crippen LogP contribution is 2.22. The molecule has 1 heterocycles. The van der Waals surface area contributed by atoms with E-state index in [4.69, 9.17) is 4.74 Å². The maximum Gasteiger partial charge on any atom is 0.101 e. The van der Waals surface area contributed by atoms with Crippen molar-refractivity contribution in [2.45, 2.75) is 26.8 Å². The summed E-state index contributed by atoms with van der Waals surface area (Å²) in [5, 5.41) is 12.8. The summed E-state index contributed by atoms with van der Waals surface area (Å²) in [7, 11) is 0. The molecule has 1 aliphatic rings. The molecule has 0 amide bonds. The topological polar surface area (TPSA) is 48.3 Å². The van der Waals surface area contributed by atoms with Gasteiger partial charge in [-0.3, -0.25) is 0 Å². The van der Waals surface area contributed by atoms with Gasteiger partial charge in [0.2, 0.25) is 0 Å². The highest BCUT2D eigenvalue weighted by Gasteiger charge is 2.14. The van der Waals surface area contributed by atoms with Gasteiger partial charge in [0.15, 0.2) is 0 Å². The molecule has 1 aliphatic heterocycles. The van der Waals surface area contributed by atoms with Crippen LogP contribution in [0.2, 0.25) is 0 Å². The smallest absolute Gasteiger partial charge is 0.101 e. The second-order valence-electron chi connectivity index (χ2n) is 5.94. The van der Waals surface area contributed by atoms with E-state index in [1.54, 1.807) is 0 Å². The quantitative estimate of drug-likeness (QED) is 0.904. The molecule has 0 radical (unpaired) electrons. The first-order valence-electron chi connectivity index (χ1n) is 7.77. The van der Waals surface area contributed by atoms with Crippen molar-refractivity contribution in [2.24, 2.45) is 5.92 Å². The fraction of sp³-hybridized carbons (Fsp3) is 0.588. The van der Waals surface area contributed by atoms with Crippen LogP contribution >= 0.6 is 0 Å². The molecule has 0 aliphatic carbocycles. The predicted octanol–water partition coefficient (Wildman–Crippen LogP) is 2.53. The predicted molar refractivity (Wildman–Crippen MR) is 85.4 cm³/mol. The first-order chi connectivity index (χ1) is 10.2. The van der Waals surface area contributed by atoms with Gasteiger partial charge in [0.25, 0.3) is 0 Å². The van der Waals surface area contributed by atoms with E-state index in [-0.39, 0.29) is 0 Å². The van der Waals surface area contributed by atoms with Crippen LogP contribution in [0, 0.1) is 17.2 Å². The van der Waals surface area contributed by atoms with E-state index >= 15 is 0 Å². The Bertz CT molecular complexity index is 485. The molecular formula is C17H25N3O.